The van der Waals surface area contributed by atoms with Gasteiger partial charge in [0.1, 0.15) is 0 Å². The molecule has 1 aromatic rings. The number of hydrogen-bond acceptors (Lipinski definition) is 4. The topological polar surface area (TPSA) is 62.7 Å². The van der Waals surface area contributed by atoms with E-state index in [0.717, 1.165) is 37.0 Å². The molecule has 6 heteroatoms. The number of nitrogens with zero attached hydrogens (tertiary/aromatic N) is 3. The summed E-state index contributed by atoms with van der Waals surface area (Å²) in [5.74, 6) is 3.20. The highest BCUT2D eigenvalue weighted by atomic mass is 16.5. The quantitative estimate of drug-likeness (QED) is 0.805. The van der Waals surface area contributed by atoms with E-state index in [0.29, 0.717) is 43.5 Å². The zero-order chi connectivity index (χ0) is 19.3. The number of amides is 2. The van der Waals surface area contributed by atoms with E-state index >= 15 is 0 Å². The Bertz CT molecular complexity index is 732. The number of carbonyl (C=O) groups excluding carboxylic acids is 2. The van der Waals surface area contributed by atoms with Crippen molar-refractivity contribution < 1.29 is 14.3 Å². The van der Waals surface area contributed by atoms with E-state index < -0.39 is 0 Å². The average Bonchev–Trinajstić information content (AvgIpc) is 2.72. The number of carbonyl (C=O) groups is 2. The lowest BCUT2D eigenvalue weighted by Gasteiger charge is -2.57. The van der Waals surface area contributed by atoms with Crippen LogP contribution in [0.4, 0.5) is 0 Å². The van der Waals surface area contributed by atoms with Gasteiger partial charge in [0.05, 0.1) is 18.1 Å². The SMILES string of the molecule is COc1ccc(C(=O)N2CCN(C(=O)C34CC5CC(CC(C5)C3)C4)CC2)cn1. The van der Waals surface area contributed by atoms with Crippen molar-refractivity contribution in [1.82, 2.24) is 14.8 Å². The standard InChI is InChI=1S/C22H29N3O3/c1-28-19-3-2-18(14-23-19)20(26)24-4-6-25(7-5-24)21(27)22-11-15-8-16(12-22)10-17(9-15)13-22/h2-3,14-17H,4-13H2,1H3. The first-order valence-corrected chi connectivity index (χ1v) is 10.6. The van der Waals surface area contributed by atoms with Gasteiger partial charge in [-0.2, -0.15) is 0 Å². The van der Waals surface area contributed by atoms with Crippen LogP contribution in [0, 0.1) is 23.2 Å². The molecule has 5 aliphatic rings. The van der Waals surface area contributed by atoms with Crippen molar-refractivity contribution in [3.05, 3.63) is 23.9 Å². The van der Waals surface area contributed by atoms with Crippen LogP contribution in [0.25, 0.3) is 0 Å². The fourth-order valence-corrected chi connectivity index (χ4v) is 6.63. The lowest BCUT2D eigenvalue weighted by Crippen LogP contribution is -2.58. The van der Waals surface area contributed by atoms with Gasteiger partial charge in [-0.05, 0) is 62.3 Å². The third-order valence-corrected chi connectivity index (χ3v) is 7.54. The third kappa shape index (κ3) is 2.97. The number of methoxy groups -OCH3 is 1. The highest BCUT2D eigenvalue weighted by Crippen LogP contribution is 2.60. The number of piperazine rings is 1. The van der Waals surface area contributed by atoms with Crippen LogP contribution in [0.15, 0.2) is 18.3 Å². The molecule has 1 saturated heterocycles. The lowest BCUT2D eigenvalue weighted by molar-refractivity contribution is -0.159. The summed E-state index contributed by atoms with van der Waals surface area (Å²) in [6.07, 6.45) is 8.94. The van der Waals surface area contributed by atoms with Crippen molar-refractivity contribution in [1.29, 1.82) is 0 Å². The molecule has 2 heterocycles. The van der Waals surface area contributed by atoms with E-state index in [4.69, 9.17) is 4.74 Å². The monoisotopic (exact) mass is 383 g/mol. The maximum atomic E-state index is 13.5. The average molecular weight is 383 g/mol. The minimum absolute atomic E-state index is 0.0166. The summed E-state index contributed by atoms with van der Waals surface area (Å²) < 4.78 is 5.06. The van der Waals surface area contributed by atoms with Crippen molar-refractivity contribution in [2.24, 2.45) is 23.2 Å². The molecule has 4 bridgehead atoms. The van der Waals surface area contributed by atoms with Gasteiger partial charge in [-0.1, -0.05) is 0 Å². The van der Waals surface area contributed by atoms with E-state index in [1.807, 2.05) is 9.80 Å². The van der Waals surface area contributed by atoms with Crippen LogP contribution in [0.5, 0.6) is 5.88 Å². The van der Waals surface area contributed by atoms with Crippen molar-refractivity contribution in [3.8, 4) is 5.88 Å². The van der Waals surface area contributed by atoms with E-state index in [2.05, 4.69) is 4.98 Å². The molecule has 0 N–H and O–H groups in total. The molecule has 5 fully saturated rings. The molecule has 1 aliphatic heterocycles. The van der Waals surface area contributed by atoms with Gasteiger partial charge < -0.3 is 14.5 Å². The number of aromatic nitrogens is 1. The zero-order valence-electron chi connectivity index (χ0n) is 16.6. The van der Waals surface area contributed by atoms with Crippen LogP contribution in [0.3, 0.4) is 0 Å². The molecule has 1 aromatic heterocycles. The molecular formula is C22H29N3O3. The second-order valence-corrected chi connectivity index (χ2v) is 9.37. The summed E-state index contributed by atoms with van der Waals surface area (Å²) in [7, 11) is 1.56. The number of ether oxygens (including phenoxy) is 1. The minimum atomic E-state index is -0.0825. The third-order valence-electron chi connectivity index (χ3n) is 7.54. The first-order valence-electron chi connectivity index (χ1n) is 10.6. The Hall–Kier alpha value is -2.11. The number of pyridine rings is 1. The first-order chi connectivity index (χ1) is 13.6. The fourth-order valence-electron chi connectivity index (χ4n) is 6.63. The van der Waals surface area contributed by atoms with Gasteiger partial charge in [-0.3, -0.25) is 9.59 Å². The molecule has 0 spiro atoms. The summed E-state index contributed by atoms with van der Waals surface area (Å²) >= 11 is 0. The van der Waals surface area contributed by atoms with Gasteiger partial charge in [-0.25, -0.2) is 4.98 Å². The molecule has 150 valence electrons. The molecule has 6 rings (SSSR count). The van der Waals surface area contributed by atoms with Crippen LogP contribution in [0.1, 0.15) is 48.9 Å². The fraction of sp³-hybridized carbons (Fsp3) is 0.682. The van der Waals surface area contributed by atoms with Crippen molar-refractivity contribution in [2.45, 2.75) is 38.5 Å². The Kier molecular flexibility index (Phi) is 4.33. The summed E-state index contributed by atoms with van der Waals surface area (Å²) in [5, 5.41) is 0. The highest BCUT2D eigenvalue weighted by Gasteiger charge is 2.55. The van der Waals surface area contributed by atoms with Gasteiger partial charge in [0.2, 0.25) is 11.8 Å². The van der Waals surface area contributed by atoms with Crippen molar-refractivity contribution >= 4 is 11.8 Å². The predicted molar refractivity (Wildman–Crippen MR) is 104 cm³/mol. The highest BCUT2D eigenvalue weighted by molar-refractivity contribution is 5.94. The van der Waals surface area contributed by atoms with Gasteiger partial charge in [0.15, 0.2) is 0 Å². The molecule has 4 aliphatic carbocycles. The molecule has 0 atom stereocenters. The van der Waals surface area contributed by atoms with Gasteiger partial charge in [0.25, 0.3) is 5.91 Å². The van der Waals surface area contributed by atoms with E-state index in [1.165, 1.54) is 19.3 Å². The van der Waals surface area contributed by atoms with Crippen molar-refractivity contribution in [2.75, 3.05) is 33.3 Å². The zero-order valence-corrected chi connectivity index (χ0v) is 16.6. The molecule has 4 saturated carbocycles. The Balaban J connectivity index is 1.22. The maximum Gasteiger partial charge on any atom is 0.255 e. The number of rotatable bonds is 3. The Morgan fingerprint density at radius 3 is 2.04 bits per heavy atom. The van der Waals surface area contributed by atoms with Crippen molar-refractivity contribution in [3.63, 3.8) is 0 Å². The molecule has 6 nitrogen and oxygen atoms in total. The van der Waals surface area contributed by atoms with E-state index in [-0.39, 0.29) is 11.3 Å². The molecular weight excluding hydrogens is 354 g/mol. The smallest absolute Gasteiger partial charge is 0.255 e. The van der Waals surface area contributed by atoms with Crippen LogP contribution < -0.4 is 4.74 Å². The Morgan fingerprint density at radius 2 is 1.54 bits per heavy atom. The van der Waals surface area contributed by atoms with Crippen LogP contribution in [0.2, 0.25) is 0 Å². The summed E-state index contributed by atoms with van der Waals surface area (Å²) in [6.45, 7) is 2.50. The predicted octanol–water partition coefficient (Wildman–Crippen LogP) is 2.59. The van der Waals surface area contributed by atoms with E-state index in [9.17, 15) is 9.59 Å². The van der Waals surface area contributed by atoms with E-state index in [1.54, 1.807) is 25.4 Å². The molecule has 0 radical (unpaired) electrons. The summed E-state index contributed by atoms with van der Waals surface area (Å²) in [6, 6.07) is 3.46. The van der Waals surface area contributed by atoms with Gasteiger partial charge >= 0.3 is 0 Å². The molecule has 0 unspecified atom stereocenters. The Morgan fingerprint density at radius 1 is 0.964 bits per heavy atom. The normalized spacial score (nSPS) is 33.8. The first kappa shape index (κ1) is 18.0. The largest absolute Gasteiger partial charge is 0.481 e. The summed E-state index contributed by atoms with van der Waals surface area (Å²) in [4.78, 5) is 34.2. The van der Waals surface area contributed by atoms with Crippen LogP contribution in [-0.4, -0.2) is 59.9 Å². The maximum absolute atomic E-state index is 13.5. The molecule has 28 heavy (non-hydrogen) atoms. The second-order valence-electron chi connectivity index (χ2n) is 9.37. The van der Waals surface area contributed by atoms with Gasteiger partial charge in [-0.15, -0.1) is 0 Å². The number of hydrogen-bond donors (Lipinski definition) is 0. The van der Waals surface area contributed by atoms with Crippen LogP contribution >= 0.6 is 0 Å². The summed E-state index contributed by atoms with van der Waals surface area (Å²) in [5.41, 5.74) is 0.488. The Labute approximate surface area is 166 Å². The minimum Gasteiger partial charge on any atom is -0.481 e. The lowest BCUT2D eigenvalue weighted by atomic mass is 9.49. The second kappa shape index (κ2) is 6.75. The molecule has 0 aromatic carbocycles. The van der Waals surface area contributed by atoms with Gasteiger partial charge in [0, 0.05) is 38.4 Å². The molecule has 2 amide bonds. The van der Waals surface area contributed by atoms with Crippen LogP contribution in [-0.2, 0) is 4.79 Å².